The van der Waals surface area contributed by atoms with E-state index in [0.717, 1.165) is 4.88 Å². The monoisotopic (exact) mass is 328 g/mol. The molecule has 5 nitrogen and oxygen atoms in total. The van der Waals surface area contributed by atoms with E-state index < -0.39 is 0 Å². The fraction of sp³-hybridized carbons (Fsp3) is 0.176. The molecule has 1 aliphatic heterocycles. The number of aryl methyl sites for hydroxylation is 1. The first kappa shape index (κ1) is 14.2. The first-order valence-corrected chi connectivity index (χ1v) is 8.08. The topological polar surface area (TPSA) is 57.9 Å². The third-order valence-electron chi connectivity index (χ3n) is 4.03. The number of aromatic nitrogens is 1. The summed E-state index contributed by atoms with van der Waals surface area (Å²) in [4.78, 5) is 7.95. The second kappa shape index (κ2) is 5.04. The Labute approximate surface area is 137 Å². The number of aromatic hydroxyl groups is 2. The van der Waals surface area contributed by atoms with Crippen molar-refractivity contribution in [2.75, 3.05) is 7.05 Å². The molecule has 1 aliphatic rings. The standard InChI is InChI=1S/C17H16N2O3S/c1-10-8-9-12(23-10)14-13-15(22-18(14)2)17(21)19(16(13)20)11-6-4-3-5-7-11/h3-9,14,20-21H,1-2H3. The van der Waals surface area contributed by atoms with Gasteiger partial charge in [-0.2, -0.15) is 0 Å². The number of hydrogen-bond donors (Lipinski definition) is 2. The van der Waals surface area contributed by atoms with Crippen LogP contribution in [0.3, 0.4) is 0 Å². The van der Waals surface area contributed by atoms with Gasteiger partial charge in [-0.1, -0.05) is 18.2 Å². The summed E-state index contributed by atoms with van der Waals surface area (Å²) in [6.45, 7) is 2.04. The highest BCUT2D eigenvalue weighted by Crippen LogP contribution is 2.54. The average molecular weight is 328 g/mol. The van der Waals surface area contributed by atoms with Gasteiger partial charge in [-0.3, -0.25) is 0 Å². The first-order valence-electron chi connectivity index (χ1n) is 7.27. The van der Waals surface area contributed by atoms with Crippen molar-refractivity contribution in [3.05, 3.63) is 57.8 Å². The molecule has 4 rings (SSSR count). The molecule has 0 fully saturated rings. The number of rotatable bonds is 2. The van der Waals surface area contributed by atoms with Gasteiger partial charge in [0.2, 0.25) is 17.5 Å². The fourth-order valence-corrected chi connectivity index (χ4v) is 4.02. The molecule has 3 aromatic rings. The largest absolute Gasteiger partial charge is 0.494 e. The predicted octanol–water partition coefficient (Wildman–Crippen LogP) is 3.59. The van der Waals surface area contributed by atoms with Crippen LogP contribution in [0, 0.1) is 6.92 Å². The Hall–Kier alpha value is -2.44. The molecule has 0 saturated heterocycles. The zero-order valence-corrected chi connectivity index (χ0v) is 13.5. The van der Waals surface area contributed by atoms with E-state index in [1.165, 1.54) is 9.44 Å². The van der Waals surface area contributed by atoms with Gasteiger partial charge in [0.25, 0.3) is 0 Å². The molecule has 23 heavy (non-hydrogen) atoms. The average Bonchev–Trinajstić information content (AvgIpc) is 3.17. The lowest BCUT2D eigenvalue weighted by atomic mass is 10.1. The lowest BCUT2D eigenvalue weighted by Gasteiger charge is -2.18. The predicted molar refractivity (Wildman–Crippen MR) is 88.4 cm³/mol. The molecule has 0 radical (unpaired) electrons. The molecule has 0 amide bonds. The van der Waals surface area contributed by atoms with Crippen molar-refractivity contribution < 1.29 is 15.1 Å². The maximum atomic E-state index is 10.7. The van der Waals surface area contributed by atoms with Gasteiger partial charge in [0.1, 0.15) is 6.04 Å². The summed E-state index contributed by atoms with van der Waals surface area (Å²) in [5.74, 6) is 0.223. The smallest absolute Gasteiger partial charge is 0.245 e. The Bertz CT molecular complexity index is 870. The molecule has 6 heteroatoms. The molecule has 1 atom stereocenters. The minimum Gasteiger partial charge on any atom is -0.494 e. The molecule has 2 aromatic heterocycles. The van der Waals surface area contributed by atoms with Crippen molar-refractivity contribution in [2.45, 2.75) is 13.0 Å². The van der Waals surface area contributed by atoms with Crippen LogP contribution in [0.1, 0.15) is 21.4 Å². The van der Waals surface area contributed by atoms with Crippen LogP contribution in [0.4, 0.5) is 0 Å². The van der Waals surface area contributed by atoms with Gasteiger partial charge in [0, 0.05) is 16.8 Å². The summed E-state index contributed by atoms with van der Waals surface area (Å²) in [5, 5.41) is 22.9. The van der Waals surface area contributed by atoms with Gasteiger partial charge >= 0.3 is 0 Å². The number of para-hydroxylation sites is 1. The molecule has 3 heterocycles. The van der Waals surface area contributed by atoms with Crippen LogP contribution in [-0.2, 0) is 0 Å². The van der Waals surface area contributed by atoms with Gasteiger partial charge in [-0.25, -0.2) is 4.57 Å². The SMILES string of the molecule is Cc1ccc(C2c3c(c(O)n(-c4ccccc4)c3O)ON2C)s1. The van der Waals surface area contributed by atoms with E-state index in [0.29, 0.717) is 17.0 Å². The fourth-order valence-electron chi connectivity index (χ4n) is 3.00. The third-order valence-corrected chi connectivity index (χ3v) is 5.08. The van der Waals surface area contributed by atoms with E-state index in [9.17, 15) is 10.2 Å². The Morgan fingerprint density at radius 1 is 1.04 bits per heavy atom. The van der Waals surface area contributed by atoms with E-state index in [-0.39, 0.29) is 17.8 Å². The van der Waals surface area contributed by atoms with Crippen LogP contribution >= 0.6 is 11.3 Å². The molecule has 2 N–H and O–H groups in total. The minimum atomic E-state index is -0.237. The summed E-state index contributed by atoms with van der Waals surface area (Å²) < 4.78 is 1.41. The number of fused-ring (bicyclic) bond motifs is 1. The summed E-state index contributed by atoms with van der Waals surface area (Å²) in [7, 11) is 1.80. The number of hydroxylamine groups is 2. The van der Waals surface area contributed by atoms with Crippen LogP contribution in [-0.4, -0.2) is 26.9 Å². The molecule has 1 aromatic carbocycles. The third kappa shape index (κ3) is 2.03. The number of nitrogens with zero attached hydrogens (tertiary/aromatic N) is 2. The summed E-state index contributed by atoms with van der Waals surface area (Å²) >= 11 is 1.65. The second-order valence-electron chi connectivity index (χ2n) is 5.55. The van der Waals surface area contributed by atoms with Gasteiger partial charge in [-0.15, -0.1) is 16.4 Å². The van der Waals surface area contributed by atoms with Crippen LogP contribution in [0.5, 0.6) is 17.5 Å². The maximum absolute atomic E-state index is 10.7. The van der Waals surface area contributed by atoms with Gasteiger partial charge in [0.15, 0.2) is 0 Å². The van der Waals surface area contributed by atoms with E-state index in [4.69, 9.17) is 4.84 Å². The van der Waals surface area contributed by atoms with E-state index in [1.54, 1.807) is 23.4 Å². The Kier molecular flexibility index (Phi) is 3.11. The van der Waals surface area contributed by atoms with Crippen molar-refractivity contribution in [1.29, 1.82) is 0 Å². The van der Waals surface area contributed by atoms with E-state index in [1.807, 2.05) is 49.4 Å². The molecule has 0 bridgehead atoms. The molecular weight excluding hydrogens is 312 g/mol. The molecule has 0 saturated carbocycles. The summed E-state index contributed by atoms with van der Waals surface area (Å²) in [6, 6.07) is 13.1. The summed E-state index contributed by atoms with van der Waals surface area (Å²) in [5.41, 5.74) is 1.28. The Morgan fingerprint density at radius 3 is 2.43 bits per heavy atom. The first-order chi connectivity index (χ1) is 11.1. The van der Waals surface area contributed by atoms with Crippen molar-refractivity contribution in [2.24, 2.45) is 0 Å². The molecular formula is C17H16N2O3S. The molecule has 0 spiro atoms. The highest BCUT2D eigenvalue weighted by Gasteiger charge is 2.41. The lowest BCUT2D eigenvalue weighted by Crippen LogP contribution is -2.22. The van der Waals surface area contributed by atoms with Crippen LogP contribution in [0.25, 0.3) is 5.69 Å². The van der Waals surface area contributed by atoms with Crippen LogP contribution < -0.4 is 4.84 Å². The minimum absolute atomic E-state index is 0.00380. The Morgan fingerprint density at radius 2 is 1.78 bits per heavy atom. The van der Waals surface area contributed by atoms with Crippen molar-refractivity contribution in [3.63, 3.8) is 0 Å². The number of thiophene rings is 1. The molecule has 0 aliphatic carbocycles. The van der Waals surface area contributed by atoms with Gasteiger partial charge < -0.3 is 15.1 Å². The van der Waals surface area contributed by atoms with E-state index in [2.05, 4.69) is 0 Å². The highest BCUT2D eigenvalue weighted by molar-refractivity contribution is 7.12. The number of benzene rings is 1. The van der Waals surface area contributed by atoms with Crippen LogP contribution in [0.2, 0.25) is 0 Å². The van der Waals surface area contributed by atoms with Crippen LogP contribution in [0.15, 0.2) is 42.5 Å². The molecule has 1 unspecified atom stereocenters. The van der Waals surface area contributed by atoms with Crippen molar-refractivity contribution in [1.82, 2.24) is 9.63 Å². The maximum Gasteiger partial charge on any atom is 0.245 e. The summed E-state index contributed by atoms with van der Waals surface area (Å²) in [6.07, 6.45) is 0. The van der Waals surface area contributed by atoms with E-state index >= 15 is 0 Å². The number of hydrogen-bond acceptors (Lipinski definition) is 5. The zero-order valence-electron chi connectivity index (χ0n) is 12.7. The second-order valence-corrected chi connectivity index (χ2v) is 6.87. The zero-order chi connectivity index (χ0) is 16.1. The van der Waals surface area contributed by atoms with Crippen molar-refractivity contribution >= 4 is 11.3 Å². The normalized spacial score (nSPS) is 17.2. The van der Waals surface area contributed by atoms with Crippen molar-refractivity contribution in [3.8, 4) is 23.2 Å². The highest BCUT2D eigenvalue weighted by atomic mass is 32.1. The van der Waals surface area contributed by atoms with Gasteiger partial charge in [0.05, 0.1) is 11.3 Å². The van der Waals surface area contributed by atoms with Gasteiger partial charge in [-0.05, 0) is 31.2 Å². The quantitative estimate of drug-likeness (QED) is 0.755. The lowest BCUT2D eigenvalue weighted by molar-refractivity contribution is -0.0336. The Balaban J connectivity index is 1.90. The molecule has 118 valence electrons.